The van der Waals surface area contributed by atoms with Gasteiger partial charge in [-0.05, 0) is 49.2 Å². The molecule has 7 nitrogen and oxygen atoms in total. The minimum Gasteiger partial charge on any atom is -0.482 e. The minimum atomic E-state index is -0.175. The van der Waals surface area contributed by atoms with Gasteiger partial charge < -0.3 is 19.5 Å². The van der Waals surface area contributed by atoms with Crippen LogP contribution in [0.3, 0.4) is 0 Å². The molecular formula is C24H22Cl2N4O3S. The van der Waals surface area contributed by atoms with Crippen molar-refractivity contribution in [3.63, 3.8) is 0 Å². The fourth-order valence-corrected chi connectivity index (χ4v) is 5.54. The summed E-state index contributed by atoms with van der Waals surface area (Å²) in [5.41, 5.74) is 3.17. The molecule has 2 aliphatic heterocycles. The zero-order chi connectivity index (χ0) is 23.7. The molecule has 0 radical (unpaired) electrons. The fraction of sp³-hybridized carbons (Fsp3) is 0.292. The molecule has 3 aromatic rings. The first-order valence-corrected chi connectivity index (χ1v) is 12.6. The topological polar surface area (TPSA) is 75.9 Å². The van der Waals surface area contributed by atoms with E-state index in [1.807, 2.05) is 28.5 Å². The molecule has 0 atom stereocenters. The van der Waals surface area contributed by atoms with Gasteiger partial charge in [0.15, 0.2) is 11.4 Å². The molecule has 2 aliphatic rings. The molecule has 3 heterocycles. The van der Waals surface area contributed by atoms with Crippen molar-refractivity contribution in [3.8, 4) is 17.0 Å². The second-order valence-electron chi connectivity index (χ2n) is 8.15. The average Bonchev–Trinajstić information content (AvgIpc) is 3.41. The summed E-state index contributed by atoms with van der Waals surface area (Å²) < 4.78 is 7.63. The van der Waals surface area contributed by atoms with Gasteiger partial charge >= 0.3 is 0 Å². The van der Waals surface area contributed by atoms with Crippen LogP contribution in [0.5, 0.6) is 5.75 Å². The summed E-state index contributed by atoms with van der Waals surface area (Å²) >= 11 is 13.9. The highest BCUT2D eigenvalue weighted by Crippen LogP contribution is 2.33. The van der Waals surface area contributed by atoms with Crippen molar-refractivity contribution in [2.45, 2.75) is 25.8 Å². The molecule has 1 saturated heterocycles. The van der Waals surface area contributed by atoms with E-state index in [2.05, 4.69) is 9.88 Å². The Morgan fingerprint density at radius 2 is 2.00 bits per heavy atom. The zero-order valence-corrected chi connectivity index (χ0v) is 20.6. The van der Waals surface area contributed by atoms with Gasteiger partial charge in [-0.25, -0.2) is 4.99 Å². The Balaban J connectivity index is 1.51. The number of amides is 2. The molecule has 1 N–H and O–H groups in total. The lowest BCUT2D eigenvalue weighted by Crippen LogP contribution is -2.27. The lowest BCUT2D eigenvalue weighted by molar-refractivity contribution is -0.127. The van der Waals surface area contributed by atoms with Crippen molar-refractivity contribution < 1.29 is 14.3 Å². The summed E-state index contributed by atoms with van der Waals surface area (Å²) in [7, 11) is 0. The maximum absolute atomic E-state index is 12.0. The molecule has 176 valence electrons. The Labute approximate surface area is 210 Å². The third kappa shape index (κ3) is 4.85. The predicted octanol–water partition coefficient (Wildman–Crippen LogP) is 5.10. The number of halogens is 2. The van der Waals surface area contributed by atoms with Crippen molar-refractivity contribution in [2.75, 3.05) is 25.0 Å². The molecule has 1 aromatic heterocycles. The molecular weight excluding hydrogens is 495 g/mol. The summed E-state index contributed by atoms with van der Waals surface area (Å²) in [6.07, 6.45) is 2.35. The molecule has 2 aromatic carbocycles. The first kappa shape index (κ1) is 23.0. The number of nitrogens with one attached hydrogen (secondary N) is 1. The number of benzene rings is 2. The Kier molecular flexibility index (Phi) is 6.63. The van der Waals surface area contributed by atoms with Crippen molar-refractivity contribution >= 4 is 57.7 Å². The van der Waals surface area contributed by atoms with E-state index in [9.17, 15) is 9.59 Å². The van der Waals surface area contributed by atoms with Crippen LogP contribution in [0.15, 0.2) is 46.8 Å². The van der Waals surface area contributed by atoms with Gasteiger partial charge in [0, 0.05) is 42.0 Å². The predicted molar refractivity (Wildman–Crippen MR) is 134 cm³/mol. The summed E-state index contributed by atoms with van der Waals surface area (Å²) in [5.74, 6) is 0.695. The summed E-state index contributed by atoms with van der Waals surface area (Å²) in [6, 6.07) is 11.0. The molecule has 5 rings (SSSR count). The average molecular weight is 517 g/mol. The van der Waals surface area contributed by atoms with Gasteiger partial charge in [-0.2, -0.15) is 0 Å². The Hall–Kier alpha value is -2.81. The number of ether oxygens (including phenoxy) is 1. The maximum atomic E-state index is 12.0. The number of carbonyl (C=O) groups excluding carboxylic acids is 2. The van der Waals surface area contributed by atoms with Gasteiger partial charge in [0.1, 0.15) is 5.75 Å². The molecule has 34 heavy (non-hydrogen) atoms. The summed E-state index contributed by atoms with van der Waals surface area (Å²) in [6.45, 7) is 2.22. The van der Waals surface area contributed by atoms with Crippen LogP contribution in [0.2, 0.25) is 10.0 Å². The molecule has 0 spiro atoms. The Morgan fingerprint density at radius 1 is 1.12 bits per heavy atom. The highest BCUT2D eigenvalue weighted by Gasteiger charge is 2.20. The van der Waals surface area contributed by atoms with Crippen molar-refractivity contribution in [1.82, 2.24) is 9.47 Å². The number of aromatic nitrogens is 1. The van der Waals surface area contributed by atoms with Gasteiger partial charge in [0.05, 0.1) is 22.1 Å². The van der Waals surface area contributed by atoms with E-state index < -0.39 is 0 Å². The van der Waals surface area contributed by atoms with Crippen LogP contribution in [0, 0.1) is 0 Å². The number of carbonyl (C=O) groups is 2. The number of anilines is 1. The lowest BCUT2D eigenvalue weighted by atomic mass is 10.1. The SMILES string of the molecule is O=C1COc2ccc(-c3csc(=Nc4ccc(Cl)cc4Cl)n3CCCN3CCCC3=O)cc2N1. The molecule has 1 fully saturated rings. The second kappa shape index (κ2) is 9.82. The number of thiazole rings is 1. The van der Waals surface area contributed by atoms with Crippen LogP contribution < -0.4 is 14.9 Å². The highest BCUT2D eigenvalue weighted by atomic mass is 35.5. The largest absolute Gasteiger partial charge is 0.482 e. The van der Waals surface area contributed by atoms with Crippen LogP contribution >= 0.6 is 34.5 Å². The maximum Gasteiger partial charge on any atom is 0.262 e. The van der Waals surface area contributed by atoms with Crippen LogP contribution in [0.4, 0.5) is 11.4 Å². The van der Waals surface area contributed by atoms with Gasteiger partial charge in [0.2, 0.25) is 5.91 Å². The van der Waals surface area contributed by atoms with E-state index >= 15 is 0 Å². The van der Waals surface area contributed by atoms with Gasteiger partial charge in [0.25, 0.3) is 5.91 Å². The molecule has 0 bridgehead atoms. The highest BCUT2D eigenvalue weighted by molar-refractivity contribution is 7.07. The second-order valence-corrected chi connectivity index (χ2v) is 9.83. The standard InChI is InChI=1S/C24H22Cl2N4O3S/c25-16-5-6-18(17(26)12-16)28-24-30(10-2-9-29-8-1-3-23(29)32)20(14-34-24)15-4-7-21-19(11-15)27-22(31)13-33-21/h4-7,11-12,14H,1-3,8-10,13H2,(H,27,31). The third-order valence-corrected chi connectivity index (χ3v) is 7.21. The van der Waals surface area contributed by atoms with Crippen LogP contribution in [-0.2, 0) is 16.1 Å². The van der Waals surface area contributed by atoms with Gasteiger partial charge in [-0.15, -0.1) is 11.3 Å². The molecule has 0 unspecified atom stereocenters. The van der Waals surface area contributed by atoms with Crippen LogP contribution in [0.1, 0.15) is 19.3 Å². The van der Waals surface area contributed by atoms with E-state index in [0.29, 0.717) is 46.7 Å². The Morgan fingerprint density at radius 3 is 2.79 bits per heavy atom. The van der Waals surface area contributed by atoms with E-state index in [4.69, 9.17) is 32.9 Å². The van der Waals surface area contributed by atoms with Crippen LogP contribution in [0.25, 0.3) is 11.3 Å². The molecule has 10 heteroatoms. The van der Waals surface area contributed by atoms with Crippen molar-refractivity contribution in [3.05, 3.63) is 56.6 Å². The van der Waals surface area contributed by atoms with E-state index in [1.165, 1.54) is 11.3 Å². The van der Waals surface area contributed by atoms with E-state index in [1.54, 1.807) is 18.2 Å². The first-order valence-electron chi connectivity index (χ1n) is 11.0. The molecule has 0 aliphatic carbocycles. The minimum absolute atomic E-state index is 0.0187. The first-order chi connectivity index (χ1) is 16.5. The number of hydrogen-bond donors (Lipinski definition) is 1. The summed E-state index contributed by atoms with van der Waals surface area (Å²) in [4.78, 5) is 31.3. The normalized spacial score (nSPS) is 15.9. The number of nitrogens with zero attached hydrogens (tertiary/aromatic N) is 3. The van der Waals surface area contributed by atoms with E-state index in [0.717, 1.165) is 35.4 Å². The number of hydrogen-bond acceptors (Lipinski definition) is 5. The van der Waals surface area contributed by atoms with Crippen molar-refractivity contribution in [2.24, 2.45) is 4.99 Å². The Bertz CT molecular complexity index is 1330. The monoisotopic (exact) mass is 516 g/mol. The van der Waals surface area contributed by atoms with E-state index in [-0.39, 0.29) is 18.4 Å². The van der Waals surface area contributed by atoms with Gasteiger partial charge in [-0.3, -0.25) is 9.59 Å². The van der Waals surface area contributed by atoms with Crippen LogP contribution in [-0.4, -0.2) is 41.0 Å². The van der Waals surface area contributed by atoms with Crippen molar-refractivity contribution in [1.29, 1.82) is 0 Å². The number of likely N-dealkylation sites (tertiary alicyclic amines) is 1. The number of rotatable bonds is 6. The molecule has 0 saturated carbocycles. The zero-order valence-electron chi connectivity index (χ0n) is 18.2. The fourth-order valence-electron chi connectivity index (χ4n) is 4.14. The quantitative estimate of drug-likeness (QED) is 0.495. The summed E-state index contributed by atoms with van der Waals surface area (Å²) in [5, 5.41) is 5.94. The smallest absolute Gasteiger partial charge is 0.262 e. The number of fused-ring (bicyclic) bond motifs is 1. The molecule has 2 amide bonds. The van der Waals surface area contributed by atoms with Gasteiger partial charge in [-0.1, -0.05) is 23.2 Å². The third-order valence-electron chi connectivity index (χ3n) is 5.81. The lowest BCUT2D eigenvalue weighted by Gasteiger charge is -2.19.